The van der Waals surface area contributed by atoms with Gasteiger partial charge in [0.15, 0.2) is 0 Å². The van der Waals surface area contributed by atoms with Crippen molar-refractivity contribution in [3.8, 4) is 0 Å². The van der Waals surface area contributed by atoms with Gasteiger partial charge in [0.05, 0.1) is 6.54 Å². The minimum atomic E-state index is 0.736. The molecule has 2 N–H and O–H groups in total. The molecular formula is C13H14N4. The van der Waals surface area contributed by atoms with Gasteiger partial charge in [-0.1, -0.05) is 0 Å². The molecule has 3 rings (SSSR count). The van der Waals surface area contributed by atoms with Crippen molar-refractivity contribution in [3.05, 3.63) is 48.7 Å². The van der Waals surface area contributed by atoms with Crippen LogP contribution in [0.4, 0.5) is 5.69 Å². The van der Waals surface area contributed by atoms with Gasteiger partial charge in [-0.25, -0.2) is 4.98 Å². The van der Waals surface area contributed by atoms with Crippen molar-refractivity contribution >= 4 is 16.6 Å². The Bertz CT molecular complexity index is 635. The van der Waals surface area contributed by atoms with Crippen LogP contribution in [-0.2, 0) is 13.6 Å². The van der Waals surface area contributed by atoms with E-state index in [9.17, 15) is 0 Å². The fourth-order valence-electron chi connectivity index (χ4n) is 1.91. The van der Waals surface area contributed by atoms with Crippen molar-refractivity contribution in [1.82, 2.24) is 14.5 Å². The van der Waals surface area contributed by atoms with Crippen LogP contribution in [0, 0.1) is 0 Å². The zero-order valence-corrected chi connectivity index (χ0v) is 9.64. The quantitative estimate of drug-likeness (QED) is 0.720. The maximum Gasteiger partial charge on any atom is 0.127 e. The molecule has 2 heterocycles. The number of H-pyrrole nitrogens is 1. The van der Waals surface area contributed by atoms with Crippen LogP contribution in [0.25, 0.3) is 10.9 Å². The predicted octanol–water partition coefficient (Wildman–Crippen LogP) is 2.51. The second-order valence-electron chi connectivity index (χ2n) is 4.09. The largest absolute Gasteiger partial charge is 0.378 e. The summed E-state index contributed by atoms with van der Waals surface area (Å²) >= 11 is 0. The van der Waals surface area contributed by atoms with Gasteiger partial charge >= 0.3 is 0 Å². The van der Waals surface area contributed by atoms with Crippen molar-refractivity contribution < 1.29 is 0 Å². The molecule has 0 atom stereocenters. The highest BCUT2D eigenvalue weighted by molar-refractivity contribution is 5.82. The van der Waals surface area contributed by atoms with E-state index in [0.29, 0.717) is 0 Å². The third-order valence-electron chi connectivity index (χ3n) is 2.92. The van der Waals surface area contributed by atoms with E-state index >= 15 is 0 Å². The maximum absolute atomic E-state index is 4.28. The topological polar surface area (TPSA) is 45.6 Å². The molecule has 4 nitrogen and oxygen atoms in total. The highest BCUT2D eigenvalue weighted by atomic mass is 15.1. The molecule has 0 radical (unpaired) electrons. The Balaban J connectivity index is 1.78. The van der Waals surface area contributed by atoms with E-state index in [1.807, 2.05) is 30.2 Å². The van der Waals surface area contributed by atoms with Gasteiger partial charge in [0, 0.05) is 42.2 Å². The third-order valence-corrected chi connectivity index (χ3v) is 2.92. The zero-order chi connectivity index (χ0) is 11.7. The number of imidazole rings is 1. The van der Waals surface area contributed by atoms with Crippen LogP contribution < -0.4 is 5.32 Å². The number of rotatable bonds is 3. The van der Waals surface area contributed by atoms with Crippen LogP contribution in [0.15, 0.2) is 42.9 Å². The van der Waals surface area contributed by atoms with E-state index in [4.69, 9.17) is 0 Å². The lowest BCUT2D eigenvalue weighted by atomic mass is 10.2. The minimum absolute atomic E-state index is 0.736. The van der Waals surface area contributed by atoms with E-state index in [1.165, 1.54) is 5.39 Å². The number of hydrogen-bond acceptors (Lipinski definition) is 2. The summed E-state index contributed by atoms with van der Waals surface area (Å²) in [4.78, 5) is 7.46. The summed E-state index contributed by atoms with van der Waals surface area (Å²) < 4.78 is 2.02. The summed E-state index contributed by atoms with van der Waals surface area (Å²) in [5, 5.41) is 4.59. The second-order valence-corrected chi connectivity index (χ2v) is 4.09. The Morgan fingerprint density at radius 1 is 1.35 bits per heavy atom. The average molecular weight is 226 g/mol. The normalized spacial score (nSPS) is 10.9. The smallest absolute Gasteiger partial charge is 0.127 e. The van der Waals surface area contributed by atoms with Gasteiger partial charge in [-0.05, 0) is 24.3 Å². The summed E-state index contributed by atoms with van der Waals surface area (Å²) in [5.41, 5.74) is 2.27. The zero-order valence-electron chi connectivity index (χ0n) is 9.64. The standard InChI is InChI=1S/C13H14N4/c1-17-7-6-15-13(17)9-16-11-2-3-12-10(8-11)4-5-14-12/h2-8,14,16H,9H2,1H3. The lowest BCUT2D eigenvalue weighted by Gasteiger charge is -2.06. The first-order chi connectivity index (χ1) is 8.33. The number of aromatic amines is 1. The molecule has 2 aromatic heterocycles. The highest BCUT2D eigenvalue weighted by Gasteiger charge is 2.00. The van der Waals surface area contributed by atoms with Crippen molar-refractivity contribution in [1.29, 1.82) is 0 Å². The van der Waals surface area contributed by atoms with E-state index in [-0.39, 0.29) is 0 Å². The van der Waals surface area contributed by atoms with Gasteiger partial charge in [0.2, 0.25) is 0 Å². The molecule has 0 amide bonds. The van der Waals surface area contributed by atoms with Gasteiger partial charge in [0.1, 0.15) is 5.82 Å². The number of anilines is 1. The van der Waals surface area contributed by atoms with E-state index in [0.717, 1.165) is 23.6 Å². The molecule has 0 fully saturated rings. The lowest BCUT2D eigenvalue weighted by molar-refractivity contribution is 0.813. The summed E-state index contributed by atoms with van der Waals surface area (Å²) in [7, 11) is 2.00. The molecule has 0 spiro atoms. The van der Waals surface area contributed by atoms with Crippen LogP contribution >= 0.6 is 0 Å². The summed E-state index contributed by atoms with van der Waals surface area (Å²) in [6.45, 7) is 0.736. The molecule has 0 aliphatic heterocycles. The van der Waals surface area contributed by atoms with Gasteiger partial charge in [0.25, 0.3) is 0 Å². The lowest BCUT2D eigenvalue weighted by Crippen LogP contribution is -2.05. The summed E-state index contributed by atoms with van der Waals surface area (Å²) in [6.07, 6.45) is 5.71. The van der Waals surface area contributed by atoms with Gasteiger partial charge < -0.3 is 14.9 Å². The fourth-order valence-corrected chi connectivity index (χ4v) is 1.91. The van der Waals surface area contributed by atoms with E-state index < -0.39 is 0 Å². The molecule has 0 saturated heterocycles. The molecule has 0 aliphatic rings. The Morgan fingerprint density at radius 3 is 3.12 bits per heavy atom. The number of hydrogen-bond donors (Lipinski definition) is 2. The Labute approximate surface area is 99.3 Å². The molecule has 86 valence electrons. The number of nitrogens with one attached hydrogen (secondary N) is 2. The SMILES string of the molecule is Cn1ccnc1CNc1ccc2[nH]ccc2c1. The number of benzene rings is 1. The van der Waals surface area contributed by atoms with E-state index in [2.05, 4.69) is 39.6 Å². The first kappa shape index (κ1) is 9.96. The highest BCUT2D eigenvalue weighted by Crippen LogP contribution is 2.18. The van der Waals surface area contributed by atoms with Gasteiger partial charge in [-0.3, -0.25) is 0 Å². The number of aromatic nitrogens is 3. The fraction of sp³-hybridized carbons (Fsp3) is 0.154. The number of fused-ring (bicyclic) bond motifs is 1. The molecule has 4 heteroatoms. The number of aryl methyl sites for hydroxylation is 1. The van der Waals surface area contributed by atoms with Crippen molar-refractivity contribution in [3.63, 3.8) is 0 Å². The average Bonchev–Trinajstić information content (AvgIpc) is 2.94. The van der Waals surface area contributed by atoms with Crippen molar-refractivity contribution in [2.24, 2.45) is 7.05 Å². The maximum atomic E-state index is 4.28. The molecule has 0 saturated carbocycles. The molecular weight excluding hydrogens is 212 g/mol. The first-order valence-corrected chi connectivity index (χ1v) is 5.60. The van der Waals surface area contributed by atoms with Gasteiger partial charge in [-0.15, -0.1) is 0 Å². The van der Waals surface area contributed by atoms with Crippen LogP contribution in [-0.4, -0.2) is 14.5 Å². The Kier molecular flexibility index (Phi) is 2.33. The Hall–Kier alpha value is -2.23. The molecule has 0 bridgehead atoms. The third kappa shape index (κ3) is 1.89. The molecule has 0 unspecified atom stereocenters. The first-order valence-electron chi connectivity index (χ1n) is 5.60. The van der Waals surface area contributed by atoms with Crippen molar-refractivity contribution in [2.75, 3.05) is 5.32 Å². The van der Waals surface area contributed by atoms with Crippen LogP contribution in [0.5, 0.6) is 0 Å². The monoisotopic (exact) mass is 226 g/mol. The van der Waals surface area contributed by atoms with E-state index in [1.54, 1.807) is 0 Å². The van der Waals surface area contributed by atoms with Crippen LogP contribution in [0.1, 0.15) is 5.82 Å². The van der Waals surface area contributed by atoms with Crippen LogP contribution in [0.2, 0.25) is 0 Å². The molecule has 17 heavy (non-hydrogen) atoms. The molecule has 1 aromatic carbocycles. The van der Waals surface area contributed by atoms with Crippen molar-refractivity contribution in [2.45, 2.75) is 6.54 Å². The van der Waals surface area contributed by atoms with Crippen LogP contribution in [0.3, 0.4) is 0 Å². The predicted molar refractivity (Wildman–Crippen MR) is 68.8 cm³/mol. The summed E-state index contributed by atoms with van der Waals surface area (Å²) in [6, 6.07) is 8.36. The minimum Gasteiger partial charge on any atom is -0.378 e. The number of nitrogens with zero attached hydrogens (tertiary/aromatic N) is 2. The second kappa shape index (κ2) is 3.97. The summed E-state index contributed by atoms with van der Waals surface area (Å²) in [5.74, 6) is 1.03. The Morgan fingerprint density at radius 2 is 2.29 bits per heavy atom. The van der Waals surface area contributed by atoms with Gasteiger partial charge in [-0.2, -0.15) is 0 Å². The molecule has 0 aliphatic carbocycles. The molecule has 3 aromatic rings.